The van der Waals surface area contributed by atoms with E-state index >= 15 is 0 Å². The van der Waals surface area contributed by atoms with Gasteiger partial charge in [0.25, 0.3) is 0 Å². The summed E-state index contributed by atoms with van der Waals surface area (Å²) in [5.74, 6) is 0.351. The normalized spacial score (nSPS) is 10.9. The lowest BCUT2D eigenvalue weighted by atomic mass is 10.2. The summed E-state index contributed by atoms with van der Waals surface area (Å²) in [5, 5.41) is 1.18. The predicted molar refractivity (Wildman–Crippen MR) is 90.1 cm³/mol. The largest absolute Gasteiger partial charge is 0.487 e. The molecule has 0 aliphatic heterocycles. The number of pyridine rings is 1. The number of benzene rings is 1. The molecule has 0 radical (unpaired) electrons. The van der Waals surface area contributed by atoms with Crippen LogP contribution in [0.1, 0.15) is 17.0 Å². The number of fused-ring (bicyclic) bond motifs is 1. The van der Waals surface area contributed by atoms with Gasteiger partial charge in [-0.1, -0.05) is 6.08 Å². The third kappa shape index (κ3) is 2.84. The number of hydrogen-bond donors (Lipinski definition) is 0. The lowest BCUT2D eigenvalue weighted by Crippen LogP contribution is -2.04. The molecule has 0 spiro atoms. The highest BCUT2D eigenvalue weighted by molar-refractivity contribution is 5.86. The molecule has 3 aromatic rings. The molecule has 4 heteroatoms. The zero-order chi connectivity index (χ0) is 16.4. The van der Waals surface area contributed by atoms with E-state index in [9.17, 15) is 4.39 Å². The van der Waals surface area contributed by atoms with Crippen molar-refractivity contribution in [2.45, 2.75) is 27.0 Å². The van der Waals surface area contributed by atoms with Crippen LogP contribution in [-0.2, 0) is 13.2 Å². The fourth-order valence-corrected chi connectivity index (χ4v) is 2.81. The third-order valence-electron chi connectivity index (χ3n) is 4.12. The molecule has 3 rings (SSSR count). The molecule has 0 fully saturated rings. The first-order chi connectivity index (χ1) is 11.1. The molecule has 2 aromatic heterocycles. The Labute approximate surface area is 135 Å². The van der Waals surface area contributed by atoms with Crippen LogP contribution in [0.15, 0.2) is 49.2 Å². The molecule has 2 heterocycles. The minimum absolute atomic E-state index is 0.274. The van der Waals surface area contributed by atoms with Gasteiger partial charge in [-0.25, -0.2) is 4.39 Å². The number of ether oxygens (including phenoxy) is 1. The van der Waals surface area contributed by atoms with Gasteiger partial charge in [0.05, 0.1) is 5.52 Å². The minimum atomic E-state index is -0.274. The fourth-order valence-electron chi connectivity index (χ4n) is 2.81. The summed E-state index contributed by atoms with van der Waals surface area (Å²) >= 11 is 0. The van der Waals surface area contributed by atoms with Gasteiger partial charge in [-0.2, -0.15) is 0 Å². The van der Waals surface area contributed by atoms with E-state index in [0.717, 1.165) is 17.8 Å². The maximum Gasteiger partial charge on any atom is 0.132 e. The predicted octanol–water partition coefficient (Wildman–Crippen LogP) is 4.56. The Bertz CT molecular complexity index is 850. The average molecular weight is 310 g/mol. The van der Waals surface area contributed by atoms with Gasteiger partial charge >= 0.3 is 0 Å². The number of nitrogens with zero attached hydrogens (tertiary/aromatic N) is 2. The Hall–Kier alpha value is -2.62. The van der Waals surface area contributed by atoms with Gasteiger partial charge in [-0.3, -0.25) is 4.98 Å². The maximum absolute atomic E-state index is 13.0. The van der Waals surface area contributed by atoms with E-state index in [1.165, 1.54) is 28.8 Å². The molecule has 0 amide bonds. The van der Waals surface area contributed by atoms with Crippen LogP contribution in [-0.4, -0.2) is 9.55 Å². The quantitative estimate of drug-likeness (QED) is 0.646. The van der Waals surface area contributed by atoms with Crippen LogP contribution in [0.2, 0.25) is 0 Å². The highest BCUT2D eigenvalue weighted by Crippen LogP contribution is 2.27. The Balaban J connectivity index is 1.98. The molecule has 0 saturated carbocycles. The van der Waals surface area contributed by atoms with Crippen LogP contribution in [0.5, 0.6) is 5.75 Å². The van der Waals surface area contributed by atoms with Crippen LogP contribution in [0.4, 0.5) is 4.39 Å². The van der Waals surface area contributed by atoms with Crippen molar-refractivity contribution in [2.75, 3.05) is 0 Å². The summed E-state index contributed by atoms with van der Waals surface area (Å²) < 4.78 is 20.9. The number of aryl methyl sites for hydroxylation is 1. The number of allylic oxidation sites excluding steroid dienone is 1. The molecule has 23 heavy (non-hydrogen) atoms. The molecule has 3 nitrogen and oxygen atoms in total. The van der Waals surface area contributed by atoms with Gasteiger partial charge in [0.1, 0.15) is 23.9 Å². The lowest BCUT2D eigenvalue weighted by Gasteiger charge is -2.10. The van der Waals surface area contributed by atoms with E-state index in [1.807, 2.05) is 12.1 Å². The molecule has 1 aromatic carbocycles. The van der Waals surface area contributed by atoms with Crippen molar-refractivity contribution in [1.82, 2.24) is 9.55 Å². The van der Waals surface area contributed by atoms with Crippen molar-refractivity contribution >= 4 is 10.9 Å². The van der Waals surface area contributed by atoms with Crippen LogP contribution in [0, 0.1) is 19.7 Å². The summed E-state index contributed by atoms with van der Waals surface area (Å²) in [4.78, 5) is 4.48. The first-order valence-corrected chi connectivity index (χ1v) is 7.54. The second-order valence-electron chi connectivity index (χ2n) is 5.51. The van der Waals surface area contributed by atoms with Crippen molar-refractivity contribution < 1.29 is 9.13 Å². The molecule has 118 valence electrons. The second-order valence-corrected chi connectivity index (χ2v) is 5.51. The van der Waals surface area contributed by atoms with E-state index in [0.29, 0.717) is 12.4 Å². The molecule has 0 bridgehead atoms. The van der Waals surface area contributed by atoms with Gasteiger partial charge in [0, 0.05) is 23.8 Å². The van der Waals surface area contributed by atoms with E-state index in [4.69, 9.17) is 4.74 Å². The lowest BCUT2D eigenvalue weighted by molar-refractivity contribution is 0.302. The SMILES string of the molecule is C=CCn1c(C)c(C)c2ccnc(COc3ccc(F)cc3)c21. The maximum atomic E-state index is 13.0. The Morgan fingerprint density at radius 1 is 1.22 bits per heavy atom. The smallest absolute Gasteiger partial charge is 0.132 e. The number of aromatic nitrogens is 2. The van der Waals surface area contributed by atoms with Gasteiger partial charge in [-0.15, -0.1) is 6.58 Å². The van der Waals surface area contributed by atoms with Crippen molar-refractivity contribution in [3.63, 3.8) is 0 Å². The Morgan fingerprint density at radius 2 is 1.96 bits per heavy atom. The van der Waals surface area contributed by atoms with Crippen molar-refractivity contribution in [1.29, 1.82) is 0 Å². The molecular formula is C19H19FN2O. The van der Waals surface area contributed by atoms with Crippen molar-refractivity contribution in [3.8, 4) is 5.75 Å². The fraction of sp³-hybridized carbons (Fsp3) is 0.211. The van der Waals surface area contributed by atoms with Crippen molar-refractivity contribution in [3.05, 3.63) is 72.0 Å². The molecule has 0 aliphatic carbocycles. The van der Waals surface area contributed by atoms with Crippen LogP contribution in [0.3, 0.4) is 0 Å². The molecule has 0 N–H and O–H groups in total. The highest BCUT2D eigenvalue weighted by atomic mass is 19.1. The number of halogens is 1. The summed E-state index contributed by atoms with van der Waals surface area (Å²) in [7, 11) is 0. The van der Waals surface area contributed by atoms with Gasteiger partial charge in [0.15, 0.2) is 0 Å². The Morgan fingerprint density at radius 3 is 2.65 bits per heavy atom. The van der Waals surface area contributed by atoms with E-state index < -0.39 is 0 Å². The van der Waals surface area contributed by atoms with Gasteiger partial charge < -0.3 is 9.30 Å². The summed E-state index contributed by atoms with van der Waals surface area (Å²) in [6.07, 6.45) is 3.68. The molecule has 0 atom stereocenters. The first-order valence-electron chi connectivity index (χ1n) is 7.54. The highest BCUT2D eigenvalue weighted by Gasteiger charge is 2.14. The molecule has 0 aliphatic rings. The average Bonchev–Trinajstić information content (AvgIpc) is 2.80. The second kappa shape index (κ2) is 6.24. The topological polar surface area (TPSA) is 27.1 Å². The third-order valence-corrected chi connectivity index (χ3v) is 4.12. The van der Waals surface area contributed by atoms with E-state index in [-0.39, 0.29) is 5.82 Å². The number of hydrogen-bond acceptors (Lipinski definition) is 2. The van der Waals surface area contributed by atoms with E-state index in [1.54, 1.807) is 18.3 Å². The van der Waals surface area contributed by atoms with E-state index in [2.05, 4.69) is 30.0 Å². The van der Waals surface area contributed by atoms with Gasteiger partial charge in [0.2, 0.25) is 0 Å². The van der Waals surface area contributed by atoms with Crippen molar-refractivity contribution in [2.24, 2.45) is 0 Å². The van der Waals surface area contributed by atoms with Crippen LogP contribution in [0.25, 0.3) is 10.9 Å². The van der Waals surface area contributed by atoms with Crippen LogP contribution >= 0.6 is 0 Å². The summed E-state index contributed by atoms with van der Waals surface area (Å²) in [6, 6.07) is 8.04. The summed E-state index contributed by atoms with van der Waals surface area (Å²) in [6.45, 7) is 9.11. The standard InChI is InChI=1S/C19H19FN2O/c1-4-11-22-14(3)13(2)17-9-10-21-18(19(17)22)12-23-16-7-5-15(20)6-8-16/h4-10H,1,11-12H2,2-3H3. The van der Waals surface area contributed by atoms with Gasteiger partial charge in [-0.05, 0) is 49.7 Å². The Kier molecular flexibility index (Phi) is 4.15. The first kappa shape index (κ1) is 15.3. The molecule has 0 saturated heterocycles. The zero-order valence-electron chi connectivity index (χ0n) is 13.3. The zero-order valence-corrected chi connectivity index (χ0v) is 13.3. The number of rotatable bonds is 5. The van der Waals surface area contributed by atoms with Crippen LogP contribution < -0.4 is 4.74 Å². The monoisotopic (exact) mass is 310 g/mol. The molecular weight excluding hydrogens is 291 g/mol. The molecule has 0 unspecified atom stereocenters. The summed E-state index contributed by atoms with van der Waals surface area (Å²) in [5.41, 5.74) is 4.39. The minimum Gasteiger partial charge on any atom is -0.487 e.